The number of nitrogens with two attached hydrogens (primary N) is 1. The molecule has 1 aromatic rings. The van der Waals surface area contributed by atoms with Crippen molar-refractivity contribution in [2.24, 2.45) is 5.73 Å². The molecule has 1 fully saturated rings. The third-order valence-corrected chi connectivity index (χ3v) is 3.46. The highest BCUT2D eigenvalue weighted by atomic mass is 16.5. The summed E-state index contributed by atoms with van der Waals surface area (Å²) in [6.45, 7) is 5.73. The minimum atomic E-state index is -0.172. The van der Waals surface area contributed by atoms with E-state index in [-0.39, 0.29) is 12.5 Å². The fourth-order valence-corrected chi connectivity index (χ4v) is 2.23. The molecule has 0 saturated carbocycles. The van der Waals surface area contributed by atoms with Crippen LogP contribution in [0.15, 0.2) is 24.3 Å². The van der Waals surface area contributed by atoms with Gasteiger partial charge in [0, 0.05) is 24.8 Å². The van der Waals surface area contributed by atoms with Crippen LogP contribution in [0.2, 0.25) is 0 Å². The smallest absolute Gasteiger partial charge is 0.238 e. The number of rotatable bonds is 4. The summed E-state index contributed by atoms with van der Waals surface area (Å²) >= 11 is 0. The highest BCUT2D eigenvalue weighted by Crippen LogP contribution is 2.22. The molecule has 0 radical (unpaired) electrons. The lowest BCUT2D eigenvalue weighted by atomic mass is 10.1. The van der Waals surface area contributed by atoms with E-state index in [1.165, 1.54) is 5.56 Å². The molecule has 2 rings (SSSR count). The van der Waals surface area contributed by atoms with E-state index in [4.69, 9.17) is 10.5 Å². The zero-order valence-corrected chi connectivity index (χ0v) is 11.3. The number of anilines is 1. The molecule has 19 heavy (non-hydrogen) atoms. The van der Waals surface area contributed by atoms with Crippen molar-refractivity contribution >= 4 is 11.6 Å². The van der Waals surface area contributed by atoms with Crippen LogP contribution in [0.4, 0.5) is 5.69 Å². The van der Waals surface area contributed by atoms with Gasteiger partial charge in [0.2, 0.25) is 5.91 Å². The Labute approximate surface area is 113 Å². The summed E-state index contributed by atoms with van der Waals surface area (Å²) in [5.74, 6) is -0.172. The Hall–Kier alpha value is -1.43. The quantitative estimate of drug-likeness (QED) is 0.849. The summed E-state index contributed by atoms with van der Waals surface area (Å²) in [6, 6.07) is 8.29. The van der Waals surface area contributed by atoms with E-state index >= 15 is 0 Å². The number of benzene rings is 1. The predicted octanol–water partition coefficient (Wildman–Crippen LogP) is 0.977. The van der Waals surface area contributed by atoms with Crippen molar-refractivity contribution in [1.82, 2.24) is 4.90 Å². The molecule has 104 valence electrons. The van der Waals surface area contributed by atoms with Crippen LogP contribution in [0, 0.1) is 0 Å². The minimum Gasteiger partial charge on any atom is -0.379 e. The maximum absolute atomic E-state index is 11.2. The van der Waals surface area contributed by atoms with Crippen molar-refractivity contribution in [3.63, 3.8) is 0 Å². The average Bonchev–Trinajstić information content (AvgIpc) is 2.48. The van der Waals surface area contributed by atoms with Gasteiger partial charge in [0.25, 0.3) is 0 Å². The number of carbonyl (C=O) groups is 1. The number of nitrogens with zero attached hydrogens (tertiary/aromatic N) is 1. The molecule has 1 aliphatic rings. The molecule has 1 aromatic carbocycles. The summed E-state index contributed by atoms with van der Waals surface area (Å²) in [4.78, 5) is 13.6. The van der Waals surface area contributed by atoms with Gasteiger partial charge in [-0.1, -0.05) is 12.1 Å². The Morgan fingerprint density at radius 1 is 1.37 bits per heavy atom. The zero-order chi connectivity index (χ0) is 13.7. The van der Waals surface area contributed by atoms with Gasteiger partial charge in [-0.3, -0.25) is 9.69 Å². The summed E-state index contributed by atoms with van der Waals surface area (Å²) in [7, 11) is 0. The summed E-state index contributed by atoms with van der Waals surface area (Å²) < 4.78 is 5.36. The first-order valence-electron chi connectivity index (χ1n) is 6.62. The standard InChI is InChI=1S/C14H21N3O2/c1-11(17-6-8-19-9-7-17)12-2-4-13(5-3-12)16-14(18)10-15/h2-5,11H,6-10,15H2,1H3,(H,16,18). The van der Waals surface area contributed by atoms with Gasteiger partial charge in [-0.2, -0.15) is 0 Å². The zero-order valence-electron chi connectivity index (χ0n) is 11.3. The molecule has 1 saturated heterocycles. The summed E-state index contributed by atoms with van der Waals surface area (Å²) in [5, 5.41) is 2.74. The molecule has 5 nitrogen and oxygen atoms in total. The van der Waals surface area contributed by atoms with Gasteiger partial charge < -0.3 is 15.8 Å². The van der Waals surface area contributed by atoms with Crippen LogP contribution in [-0.2, 0) is 9.53 Å². The predicted molar refractivity (Wildman–Crippen MR) is 74.9 cm³/mol. The third kappa shape index (κ3) is 3.76. The van der Waals surface area contributed by atoms with Gasteiger partial charge in [0.05, 0.1) is 19.8 Å². The van der Waals surface area contributed by atoms with Crippen LogP contribution in [-0.4, -0.2) is 43.7 Å². The molecule has 1 aliphatic heterocycles. The lowest BCUT2D eigenvalue weighted by Gasteiger charge is -2.32. The van der Waals surface area contributed by atoms with E-state index in [9.17, 15) is 4.79 Å². The van der Waals surface area contributed by atoms with Crippen molar-refractivity contribution in [1.29, 1.82) is 0 Å². The van der Waals surface area contributed by atoms with E-state index in [1.807, 2.05) is 24.3 Å². The van der Waals surface area contributed by atoms with Crippen LogP contribution in [0.3, 0.4) is 0 Å². The van der Waals surface area contributed by atoms with Gasteiger partial charge in [0.15, 0.2) is 0 Å². The van der Waals surface area contributed by atoms with Crippen LogP contribution in [0.5, 0.6) is 0 Å². The summed E-state index contributed by atoms with van der Waals surface area (Å²) in [6.07, 6.45) is 0. The Morgan fingerprint density at radius 3 is 2.58 bits per heavy atom. The molecule has 1 atom stereocenters. The maximum atomic E-state index is 11.2. The molecular formula is C14H21N3O2. The molecular weight excluding hydrogens is 242 g/mol. The Balaban J connectivity index is 1.98. The molecule has 1 heterocycles. The minimum absolute atomic E-state index is 0.00588. The molecule has 0 spiro atoms. The largest absolute Gasteiger partial charge is 0.379 e. The molecule has 1 unspecified atom stereocenters. The second-order valence-corrected chi connectivity index (χ2v) is 4.70. The summed E-state index contributed by atoms with van der Waals surface area (Å²) in [5.41, 5.74) is 7.29. The van der Waals surface area contributed by atoms with Crippen molar-refractivity contribution in [3.8, 4) is 0 Å². The van der Waals surface area contributed by atoms with Gasteiger partial charge in [-0.15, -0.1) is 0 Å². The highest BCUT2D eigenvalue weighted by molar-refractivity contribution is 5.92. The van der Waals surface area contributed by atoms with Crippen molar-refractivity contribution in [2.45, 2.75) is 13.0 Å². The van der Waals surface area contributed by atoms with Gasteiger partial charge >= 0.3 is 0 Å². The van der Waals surface area contributed by atoms with Crippen molar-refractivity contribution in [2.75, 3.05) is 38.2 Å². The van der Waals surface area contributed by atoms with E-state index in [0.29, 0.717) is 6.04 Å². The molecule has 0 bridgehead atoms. The topological polar surface area (TPSA) is 67.6 Å². The lowest BCUT2D eigenvalue weighted by molar-refractivity contribution is -0.114. The highest BCUT2D eigenvalue weighted by Gasteiger charge is 2.18. The maximum Gasteiger partial charge on any atom is 0.238 e. The van der Waals surface area contributed by atoms with Gasteiger partial charge in [-0.05, 0) is 24.6 Å². The number of carbonyl (C=O) groups excluding carboxylic acids is 1. The van der Waals surface area contributed by atoms with Crippen molar-refractivity contribution in [3.05, 3.63) is 29.8 Å². The van der Waals surface area contributed by atoms with E-state index in [0.717, 1.165) is 32.0 Å². The number of nitrogens with one attached hydrogen (secondary N) is 1. The Bertz CT molecular complexity index is 413. The molecule has 1 amide bonds. The molecule has 0 aliphatic carbocycles. The van der Waals surface area contributed by atoms with Crippen LogP contribution < -0.4 is 11.1 Å². The number of ether oxygens (including phenoxy) is 1. The second-order valence-electron chi connectivity index (χ2n) is 4.70. The number of hydrogen-bond donors (Lipinski definition) is 2. The first kappa shape index (κ1) is 14.0. The average molecular weight is 263 g/mol. The van der Waals surface area contributed by atoms with Crippen molar-refractivity contribution < 1.29 is 9.53 Å². The van der Waals surface area contributed by atoms with Gasteiger partial charge in [0.1, 0.15) is 0 Å². The number of hydrogen-bond acceptors (Lipinski definition) is 4. The van der Waals surface area contributed by atoms with Crippen LogP contribution in [0.25, 0.3) is 0 Å². The van der Waals surface area contributed by atoms with E-state index in [2.05, 4.69) is 17.1 Å². The fraction of sp³-hybridized carbons (Fsp3) is 0.500. The van der Waals surface area contributed by atoms with Crippen LogP contribution in [0.1, 0.15) is 18.5 Å². The SMILES string of the molecule is CC(c1ccc(NC(=O)CN)cc1)N1CCOCC1. The van der Waals surface area contributed by atoms with E-state index < -0.39 is 0 Å². The van der Waals surface area contributed by atoms with Gasteiger partial charge in [-0.25, -0.2) is 0 Å². The first-order valence-corrected chi connectivity index (χ1v) is 6.62. The first-order chi connectivity index (χ1) is 9.20. The lowest BCUT2D eigenvalue weighted by Crippen LogP contribution is -2.38. The fourth-order valence-electron chi connectivity index (χ4n) is 2.23. The normalized spacial score (nSPS) is 18.0. The monoisotopic (exact) mass is 263 g/mol. The van der Waals surface area contributed by atoms with E-state index in [1.54, 1.807) is 0 Å². The molecule has 3 N–H and O–H groups in total. The molecule has 0 aromatic heterocycles. The molecule has 5 heteroatoms. The Morgan fingerprint density at radius 2 is 2.00 bits per heavy atom. The van der Waals surface area contributed by atoms with Crippen LogP contribution >= 0.6 is 0 Å². The number of amides is 1. The third-order valence-electron chi connectivity index (χ3n) is 3.46. The Kier molecular flexibility index (Phi) is 4.90. The number of morpholine rings is 1. The second kappa shape index (κ2) is 6.65.